The Labute approximate surface area is 123 Å². The van der Waals surface area contributed by atoms with Crippen LogP contribution in [0.15, 0.2) is 12.1 Å². The topological polar surface area (TPSA) is 15.3 Å². The molecule has 5 heteroatoms. The van der Waals surface area contributed by atoms with Crippen molar-refractivity contribution < 1.29 is 13.2 Å². The lowest BCUT2D eigenvalue weighted by molar-refractivity contribution is 0.245. The van der Waals surface area contributed by atoms with E-state index in [-0.39, 0.29) is 17.8 Å². The van der Waals surface area contributed by atoms with E-state index in [0.717, 1.165) is 44.7 Å². The number of hydrogen-bond donors (Lipinski definition) is 1. The van der Waals surface area contributed by atoms with Gasteiger partial charge < -0.3 is 10.2 Å². The number of halogens is 3. The van der Waals surface area contributed by atoms with Crippen molar-refractivity contribution in [1.29, 1.82) is 0 Å². The quantitative estimate of drug-likeness (QED) is 0.858. The second-order valence-electron chi connectivity index (χ2n) is 6.09. The minimum atomic E-state index is -1.12. The fraction of sp³-hybridized carbons (Fsp3) is 0.625. The monoisotopic (exact) mass is 298 g/mol. The van der Waals surface area contributed by atoms with Crippen molar-refractivity contribution in [1.82, 2.24) is 5.32 Å². The van der Waals surface area contributed by atoms with Gasteiger partial charge in [-0.1, -0.05) is 6.92 Å². The normalized spacial score (nSPS) is 28.8. The summed E-state index contributed by atoms with van der Waals surface area (Å²) in [6, 6.07) is 2.54. The number of rotatable bonds is 3. The molecule has 2 atom stereocenters. The first-order valence-corrected chi connectivity index (χ1v) is 7.76. The zero-order valence-electron chi connectivity index (χ0n) is 12.2. The van der Waals surface area contributed by atoms with E-state index in [4.69, 9.17) is 0 Å². The molecule has 3 rings (SSSR count). The highest BCUT2D eigenvalue weighted by Crippen LogP contribution is 2.39. The largest absolute Gasteiger partial charge is 0.363 e. The second-order valence-corrected chi connectivity index (χ2v) is 6.09. The molecule has 2 saturated heterocycles. The minimum Gasteiger partial charge on any atom is -0.363 e. The van der Waals surface area contributed by atoms with E-state index in [1.807, 2.05) is 4.90 Å². The standard InChI is InChI=1S/C16H21F3N2/c1-2-20-10-6-11-4-3-5-12(7-10)21(11)16-9-14(18)13(17)8-15(16)19/h8-12,20H,2-7H2,1H3. The number of benzene rings is 1. The van der Waals surface area contributed by atoms with Gasteiger partial charge in [-0.25, -0.2) is 13.2 Å². The van der Waals surface area contributed by atoms with Crippen LogP contribution in [0.5, 0.6) is 0 Å². The van der Waals surface area contributed by atoms with Crippen molar-refractivity contribution in [2.24, 2.45) is 0 Å². The Morgan fingerprint density at radius 1 is 1.05 bits per heavy atom. The zero-order chi connectivity index (χ0) is 15.0. The number of piperidine rings is 2. The molecule has 2 aliphatic rings. The van der Waals surface area contributed by atoms with Crippen LogP contribution in [-0.2, 0) is 0 Å². The molecule has 2 bridgehead atoms. The van der Waals surface area contributed by atoms with Gasteiger partial charge >= 0.3 is 0 Å². The molecule has 0 saturated carbocycles. The molecule has 116 valence electrons. The van der Waals surface area contributed by atoms with Gasteiger partial charge in [0.05, 0.1) is 5.69 Å². The minimum absolute atomic E-state index is 0.209. The molecule has 2 heterocycles. The number of fused-ring (bicyclic) bond motifs is 2. The van der Waals surface area contributed by atoms with Crippen LogP contribution in [-0.4, -0.2) is 24.7 Å². The molecule has 0 aromatic heterocycles. The van der Waals surface area contributed by atoms with E-state index >= 15 is 0 Å². The SMILES string of the molecule is CCNC1CC2CCCC(C1)N2c1cc(F)c(F)cc1F. The van der Waals surface area contributed by atoms with Crippen LogP contribution < -0.4 is 10.2 Å². The van der Waals surface area contributed by atoms with Crippen molar-refractivity contribution in [3.63, 3.8) is 0 Å². The average Bonchev–Trinajstić information content (AvgIpc) is 2.42. The Bertz CT molecular complexity index is 506. The summed E-state index contributed by atoms with van der Waals surface area (Å²) in [7, 11) is 0. The molecule has 2 fully saturated rings. The molecular formula is C16H21F3N2. The molecule has 2 unspecified atom stereocenters. The Morgan fingerprint density at radius 2 is 1.67 bits per heavy atom. The third-order valence-corrected chi connectivity index (χ3v) is 4.74. The molecule has 0 spiro atoms. The van der Waals surface area contributed by atoms with Crippen LogP contribution in [0.2, 0.25) is 0 Å². The number of anilines is 1. The first-order chi connectivity index (χ1) is 10.1. The first kappa shape index (κ1) is 14.7. The highest BCUT2D eigenvalue weighted by Gasteiger charge is 2.39. The fourth-order valence-corrected chi connectivity index (χ4v) is 3.94. The molecule has 0 aliphatic carbocycles. The van der Waals surface area contributed by atoms with Gasteiger partial charge in [0.1, 0.15) is 5.82 Å². The van der Waals surface area contributed by atoms with Gasteiger partial charge in [0.25, 0.3) is 0 Å². The molecule has 0 amide bonds. The third kappa shape index (κ3) is 2.76. The lowest BCUT2D eigenvalue weighted by atomic mass is 9.81. The molecule has 1 N–H and O–H groups in total. The number of hydrogen-bond acceptors (Lipinski definition) is 2. The maximum Gasteiger partial charge on any atom is 0.161 e. The number of nitrogens with one attached hydrogen (secondary N) is 1. The van der Waals surface area contributed by atoms with Crippen molar-refractivity contribution in [2.75, 3.05) is 11.4 Å². The second kappa shape index (κ2) is 5.87. The van der Waals surface area contributed by atoms with Crippen LogP contribution in [0.25, 0.3) is 0 Å². The summed E-state index contributed by atoms with van der Waals surface area (Å²) in [5.74, 6) is -2.75. The van der Waals surface area contributed by atoms with Gasteiger partial charge in [-0.3, -0.25) is 0 Å². The van der Waals surface area contributed by atoms with Gasteiger partial charge in [0.15, 0.2) is 11.6 Å². The summed E-state index contributed by atoms with van der Waals surface area (Å²) in [4.78, 5) is 2.00. The molecule has 0 radical (unpaired) electrons. The smallest absolute Gasteiger partial charge is 0.161 e. The molecule has 1 aromatic carbocycles. The molecule has 2 nitrogen and oxygen atoms in total. The molecule has 21 heavy (non-hydrogen) atoms. The van der Waals surface area contributed by atoms with E-state index in [0.29, 0.717) is 12.1 Å². The highest BCUT2D eigenvalue weighted by atomic mass is 19.2. The third-order valence-electron chi connectivity index (χ3n) is 4.74. The predicted molar refractivity (Wildman–Crippen MR) is 76.9 cm³/mol. The van der Waals surface area contributed by atoms with E-state index in [2.05, 4.69) is 12.2 Å². The van der Waals surface area contributed by atoms with Gasteiger partial charge in [0, 0.05) is 30.3 Å². The Morgan fingerprint density at radius 3 is 2.29 bits per heavy atom. The van der Waals surface area contributed by atoms with Gasteiger partial charge in [-0.2, -0.15) is 0 Å². The highest BCUT2D eigenvalue weighted by molar-refractivity contribution is 5.51. The van der Waals surface area contributed by atoms with E-state index in [9.17, 15) is 13.2 Å². The zero-order valence-corrected chi connectivity index (χ0v) is 12.2. The van der Waals surface area contributed by atoms with Gasteiger partial charge in [-0.15, -0.1) is 0 Å². The van der Waals surface area contributed by atoms with Crippen molar-refractivity contribution in [3.8, 4) is 0 Å². The lowest BCUT2D eigenvalue weighted by Crippen LogP contribution is -2.56. The molecule has 2 aliphatic heterocycles. The van der Waals surface area contributed by atoms with E-state index in [1.165, 1.54) is 0 Å². The summed E-state index contributed by atoms with van der Waals surface area (Å²) in [5, 5.41) is 3.47. The van der Waals surface area contributed by atoms with Crippen LogP contribution in [0, 0.1) is 17.5 Å². The maximum atomic E-state index is 14.1. The summed E-state index contributed by atoms with van der Waals surface area (Å²) in [6.45, 7) is 3.00. The predicted octanol–water partition coefficient (Wildman–Crippen LogP) is 3.60. The fourth-order valence-electron chi connectivity index (χ4n) is 3.94. The van der Waals surface area contributed by atoms with E-state index < -0.39 is 17.5 Å². The van der Waals surface area contributed by atoms with Gasteiger partial charge in [-0.05, 0) is 38.6 Å². The van der Waals surface area contributed by atoms with Crippen LogP contribution in [0.1, 0.15) is 39.0 Å². The van der Waals surface area contributed by atoms with Crippen molar-refractivity contribution in [2.45, 2.75) is 57.2 Å². The Balaban J connectivity index is 1.90. The average molecular weight is 298 g/mol. The Hall–Kier alpha value is -1.23. The summed E-state index contributed by atoms with van der Waals surface area (Å²) in [5.41, 5.74) is 0.221. The van der Waals surface area contributed by atoms with E-state index in [1.54, 1.807) is 0 Å². The summed E-state index contributed by atoms with van der Waals surface area (Å²) < 4.78 is 40.7. The number of nitrogens with zero attached hydrogens (tertiary/aromatic N) is 1. The van der Waals surface area contributed by atoms with Gasteiger partial charge in [0.2, 0.25) is 0 Å². The molecule has 1 aromatic rings. The Kier molecular flexibility index (Phi) is 4.11. The summed E-state index contributed by atoms with van der Waals surface area (Å²) >= 11 is 0. The van der Waals surface area contributed by atoms with Crippen molar-refractivity contribution >= 4 is 5.69 Å². The lowest BCUT2D eigenvalue weighted by Gasteiger charge is -2.50. The molecular weight excluding hydrogens is 277 g/mol. The van der Waals surface area contributed by atoms with Crippen LogP contribution >= 0.6 is 0 Å². The van der Waals surface area contributed by atoms with Crippen molar-refractivity contribution in [3.05, 3.63) is 29.6 Å². The van der Waals surface area contributed by atoms with Crippen LogP contribution in [0.4, 0.5) is 18.9 Å². The summed E-state index contributed by atoms with van der Waals surface area (Å²) in [6.07, 6.45) is 4.95. The maximum absolute atomic E-state index is 14.1. The van der Waals surface area contributed by atoms with Crippen LogP contribution in [0.3, 0.4) is 0 Å². The first-order valence-electron chi connectivity index (χ1n) is 7.76.